The Bertz CT molecular complexity index is 917. The normalized spacial score (nSPS) is 16.8. The largest absolute Gasteiger partial charge is 0.494 e. The van der Waals surface area contributed by atoms with Gasteiger partial charge < -0.3 is 24.1 Å². The average Bonchev–Trinajstić information content (AvgIpc) is 2.68. The van der Waals surface area contributed by atoms with Crippen LogP contribution in [-0.2, 0) is 0 Å². The Balaban J connectivity index is 2.20. The van der Waals surface area contributed by atoms with E-state index in [1.165, 1.54) is 27.4 Å². The van der Waals surface area contributed by atoms with E-state index in [9.17, 15) is 9.50 Å². The van der Waals surface area contributed by atoms with Crippen LogP contribution in [0.1, 0.15) is 16.7 Å². The monoisotopic (exact) mass is 372 g/mol. The van der Waals surface area contributed by atoms with Crippen molar-refractivity contribution in [3.05, 3.63) is 52.8 Å². The molecule has 5 nitrogen and oxygen atoms in total. The predicted molar refractivity (Wildman–Crippen MR) is 102 cm³/mol. The highest BCUT2D eigenvalue weighted by molar-refractivity contribution is 5.94. The number of aliphatic hydroxyl groups is 1. The fourth-order valence-electron chi connectivity index (χ4n) is 3.15. The van der Waals surface area contributed by atoms with E-state index >= 15 is 0 Å². The van der Waals surface area contributed by atoms with Crippen LogP contribution in [0.5, 0.6) is 23.0 Å². The Morgan fingerprint density at radius 2 is 1.63 bits per heavy atom. The lowest BCUT2D eigenvalue weighted by Crippen LogP contribution is -2.12. The van der Waals surface area contributed by atoms with E-state index in [-0.39, 0.29) is 5.75 Å². The van der Waals surface area contributed by atoms with Gasteiger partial charge in [0.25, 0.3) is 0 Å². The van der Waals surface area contributed by atoms with Gasteiger partial charge in [0.05, 0.1) is 34.5 Å². The number of fused-ring (bicyclic) bond motifs is 1. The number of hydrogen-bond acceptors (Lipinski definition) is 5. The summed E-state index contributed by atoms with van der Waals surface area (Å²) in [6.07, 6.45) is 4.28. The zero-order valence-electron chi connectivity index (χ0n) is 15.6. The molecule has 0 radical (unpaired) electrons. The Hall–Kier alpha value is -2.99. The van der Waals surface area contributed by atoms with Gasteiger partial charge in [-0.1, -0.05) is 18.2 Å². The van der Waals surface area contributed by atoms with Crippen LogP contribution in [0.2, 0.25) is 0 Å². The highest BCUT2D eigenvalue weighted by Gasteiger charge is 2.26. The summed E-state index contributed by atoms with van der Waals surface area (Å²) < 4.78 is 35.3. The van der Waals surface area contributed by atoms with Crippen LogP contribution < -0.4 is 18.9 Å². The summed E-state index contributed by atoms with van der Waals surface area (Å²) >= 11 is 0. The molecule has 0 bridgehead atoms. The summed E-state index contributed by atoms with van der Waals surface area (Å²) in [5, 5.41) is 10.5. The molecule has 27 heavy (non-hydrogen) atoms. The topological polar surface area (TPSA) is 57.2 Å². The quantitative estimate of drug-likeness (QED) is 0.865. The molecular weight excluding hydrogens is 351 g/mol. The molecule has 0 saturated carbocycles. The van der Waals surface area contributed by atoms with Gasteiger partial charge in [0.2, 0.25) is 5.75 Å². The number of halogens is 1. The second-order valence-corrected chi connectivity index (χ2v) is 5.90. The van der Waals surface area contributed by atoms with E-state index in [2.05, 4.69) is 0 Å². The lowest BCUT2D eigenvalue weighted by Gasteiger charge is -2.24. The van der Waals surface area contributed by atoms with Crippen molar-refractivity contribution in [1.82, 2.24) is 0 Å². The van der Waals surface area contributed by atoms with Crippen LogP contribution in [0.15, 0.2) is 30.3 Å². The van der Waals surface area contributed by atoms with Crippen LogP contribution in [0, 0.1) is 5.82 Å². The fourth-order valence-corrected chi connectivity index (χ4v) is 3.15. The third kappa shape index (κ3) is 3.36. The summed E-state index contributed by atoms with van der Waals surface area (Å²) in [5.41, 5.74) is 2.66. The molecule has 0 heterocycles. The van der Waals surface area contributed by atoms with E-state index < -0.39 is 11.9 Å². The van der Waals surface area contributed by atoms with E-state index in [1.807, 2.05) is 0 Å². The molecule has 1 N–H and O–H groups in total. The number of aliphatic hydroxyl groups excluding tert-OH is 1. The Morgan fingerprint density at radius 3 is 2.22 bits per heavy atom. The van der Waals surface area contributed by atoms with Crippen molar-refractivity contribution in [2.75, 3.05) is 28.4 Å². The summed E-state index contributed by atoms with van der Waals surface area (Å²) in [4.78, 5) is 0. The molecule has 3 rings (SSSR count). The standard InChI is InChI=1S/C21H21FO5/c1-24-18-8-5-12(10-16(18)22)9-15-14-11-19(25-2)21(27-4)20(26-3)13(14)6-7-17(15)23/h5-11,17,23H,1-4H3/b15-9+/t17-/m0/s1. The third-order valence-electron chi connectivity index (χ3n) is 4.44. The van der Waals surface area contributed by atoms with E-state index in [0.717, 1.165) is 11.1 Å². The Labute approximate surface area is 157 Å². The lowest BCUT2D eigenvalue weighted by atomic mass is 9.88. The molecule has 0 amide bonds. The third-order valence-corrected chi connectivity index (χ3v) is 4.44. The smallest absolute Gasteiger partial charge is 0.203 e. The van der Waals surface area contributed by atoms with Crippen molar-refractivity contribution in [2.24, 2.45) is 0 Å². The minimum Gasteiger partial charge on any atom is -0.494 e. The lowest BCUT2D eigenvalue weighted by molar-refractivity contribution is 0.280. The maximum absolute atomic E-state index is 14.0. The molecule has 1 aliphatic rings. The van der Waals surface area contributed by atoms with E-state index in [0.29, 0.717) is 28.4 Å². The van der Waals surface area contributed by atoms with Crippen molar-refractivity contribution in [1.29, 1.82) is 0 Å². The number of hydrogen-bond donors (Lipinski definition) is 1. The van der Waals surface area contributed by atoms with Crippen molar-refractivity contribution < 1.29 is 28.4 Å². The second kappa shape index (κ2) is 7.72. The second-order valence-electron chi connectivity index (χ2n) is 5.90. The van der Waals surface area contributed by atoms with Gasteiger partial charge in [-0.05, 0) is 41.0 Å². The number of benzene rings is 2. The van der Waals surface area contributed by atoms with Gasteiger partial charge in [0.15, 0.2) is 23.1 Å². The molecule has 0 unspecified atom stereocenters. The van der Waals surface area contributed by atoms with Gasteiger partial charge in [0, 0.05) is 5.56 Å². The fraction of sp³-hybridized carbons (Fsp3) is 0.238. The first-order valence-electron chi connectivity index (χ1n) is 8.28. The Morgan fingerprint density at radius 1 is 0.926 bits per heavy atom. The van der Waals surface area contributed by atoms with Gasteiger partial charge in [-0.25, -0.2) is 4.39 Å². The zero-order chi connectivity index (χ0) is 19.6. The van der Waals surface area contributed by atoms with Crippen molar-refractivity contribution in [3.8, 4) is 23.0 Å². The van der Waals surface area contributed by atoms with Crippen LogP contribution >= 0.6 is 0 Å². The van der Waals surface area contributed by atoms with Crippen LogP contribution in [0.25, 0.3) is 17.7 Å². The maximum Gasteiger partial charge on any atom is 0.203 e. The van der Waals surface area contributed by atoms with E-state index in [4.69, 9.17) is 18.9 Å². The van der Waals surface area contributed by atoms with Gasteiger partial charge in [-0.15, -0.1) is 0 Å². The molecule has 0 fully saturated rings. The van der Waals surface area contributed by atoms with E-state index in [1.54, 1.807) is 43.5 Å². The number of ether oxygens (including phenoxy) is 4. The van der Waals surface area contributed by atoms with Gasteiger partial charge in [-0.2, -0.15) is 0 Å². The highest BCUT2D eigenvalue weighted by Crippen LogP contribution is 2.47. The molecule has 0 aliphatic heterocycles. The summed E-state index contributed by atoms with van der Waals surface area (Å²) in [5.74, 6) is 1.13. The minimum atomic E-state index is -0.856. The first-order chi connectivity index (χ1) is 13.0. The van der Waals surface area contributed by atoms with Crippen LogP contribution in [0.3, 0.4) is 0 Å². The molecule has 0 aromatic heterocycles. The molecule has 0 spiro atoms. The van der Waals surface area contributed by atoms with Gasteiger partial charge in [0.1, 0.15) is 0 Å². The van der Waals surface area contributed by atoms with Gasteiger partial charge >= 0.3 is 0 Å². The summed E-state index contributed by atoms with van der Waals surface area (Å²) in [6, 6.07) is 6.39. The predicted octanol–water partition coefficient (Wildman–Crippen LogP) is 3.79. The highest BCUT2D eigenvalue weighted by atomic mass is 19.1. The van der Waals surface area contributed by atoms with Gasteiger partial charge in [-0.3, -0.25) is 0 Å². The number of rotatable bonds is 5. The molecular formula is C21H21FO5. The molecule has 2 aromatic carbocycles. The van der Waals surface area contributed by atoms with Crippen molar-refractivity contribution >= 4 is 17.7 Å². The SMILES string of the molecule is COc1ccc(/C=C2\c3cc(OC)c(OC)c(OC)c3C=C[C@@H]2O)cc1F. The maximum atomic E-state index is 14.0. The zero-order valence-corrected chi connectivity index (χ0v) is 15.6. The first kappa shape index (κ1) is 18.8. The Kier molecular flexibility index (Phi) is 5.37. The molecule has 1 aliphatic carbocycles. The average molecular weight is 372 g/mol. The number of methoxy groups -OCH3 is 4. The van der Waals surface area contributed by atoms with Crippen molar-refractivity contribution in [2.45, 2.75) is 6.10 Å². The molecule has 0 saturated heterocycles. The first-order valence-corrected chi connectivity index (χ1v) is 8.28. The summed E-state index contributed by atoms with van der Waals surface area (Å²) in [6.45, 7) is 0. The van der Waals surface area contributed by atoms with Crippen LogP contribution in [0.4, 0.5) is 4.39 Å². The molecule has 6 heteroatoms. The summed E-state index contributed by atoms with van der Waals surface area (Å²) in [7, 11) is 6.01. The molecule has 2 aromatic rings. The molecule has 142 valence electrons. The van der Waals surface area contributed by atoms with Crippen molar-refractivity contribution in [3.63, 3.8) is 0 Å². The minimum absolute atomic E-state index is 0.162. The van der Waals surface area contributed by atoms with Crippen LogP contribution in [-0.4, -0.2) is 39.6 Å². The molecule has 1 atom stereocenters.